The molecule has 84 valence electrons. The van der Waals surface area contributed by atoms with Crippen LogP contribution in [0.4, 0.5) is 0 Å². The molecule has 1 nitrogen and oxygen atoms in total. The first-order chi connectivity index (χ1) is 7.17. The Bertz CT molecular complexity index is 309. The van der Waals surface area contributed by atoms with Crippen LogP contribution in [-0.2, 0) is 0 Å². The van der Waals surface area contributed by atoms with Gasteiger partial charge in [-0.3, -0.25) is 0 Å². The monoisotopic (exact) mass is 223 g/mol. The van der Waals surface area contributed by atoms with Crippen LogP contribution in [-0.4, -0.2) is 18.8 Å². The van der Waals surface area contributed by atoms with E-state index in [-0.39, 0.29) is 0 Å². The minimum absolute atomic E-state index is 0.677. The van der Waals surface area contributed by atoms with E-state index in [0.717, 1.165) is 6.54 Å². The molecule has 1 N–H and O–H groups in total. The third-order valence-corrected chi connectivity index (χ3v) is 4.06. The number of thioether (sulfide) groups is 1. The molecule has 0 aliphatic carbocycles. The van der Waals surface area contributed by atoms with Gasteiger partial charge in [0.15, 0.2) is 0 Å². The maximum absolute atomic E-state index is 3.25. The minimum Gasteiger partial charge on any atom is -0.319 e. The normalized spacial score (nSPS) is 12.8. The summed E-state index contributed by atoms with van der Waals surface area (Å²) >= 11 is 1.99. The maximum Gasteiger partial charge on any atom is 0.0217 e. The van der Waals surface area contributed by atoms with Crippen LogP contribution in [0.15, 0.2) is 23.1 Å². The van der Waals surface area contributed by atoms with Gasteiger partial charge in [0.2, 0.25) is 0 Å². The number of nitrogens with one attached hydrogen (secondary N) is 1. The summed E-state index contributed by atoms with van der Waals surface area (Å²) < 4.78 is 0. The van der Waals surface area contributed by atoms with Gasteiger partial charge in [-0.25, -0.2) is 0 Å². The highest BCUT2D eigenvalue weighted by molar-refractivity contribution is 8.00. The Morgan fingerprint density at radius 2 is 2.07 bits per heavy atom. The molecule has 0 aliphatic rings. The summed E-state index contributed by atoms with van der Waals surface area (Å²) in [6, 6.07) is 6.70. The Kier molecular flexibility index (Phi) is 5.20. The van der Waals surface area contributed by atoms with Gasteiger partial charge in [-0.05, 0) is 38.9 Å². The molecule has 0 spiro atoms. The predicted molar refractivity (Wildman–Crippen MR) is 69.8 cm³/mol. The number of rotatable bonds is 5. The standard InChI is InChI=1S/C13H21NS/c1-5-12(9-14-4)15-13-7-6-10(2)8-11(13)3/h6-8,12,14H,5,9H2,1-4H3. The van der Waals surface area contributed by atoms with Crippen molar-refractivity contribution < 1.29 is 0 Å². The molecule has 0 aliphatic heterocycles. The molecule has 2 heteroatoms. The fourth-order valence-electron chi connectivity index (χ4n) is 1.61. The van der Waals surface area contributed by atoms with Crippen molar-refractivity contribution in [3.8, 4) is 0 Å². The Balaban J connectivity index is 2.70. The van der Waals surface area contributed by atoms with Gasteiger partial charge in [0.25, 0.3) is 0 Å². The first-order valence-corrected chi connectivity index (χ1v) is 6.43. The average molecular weight is 223 g/mol. The molecule has 0 bridgehead atoms. The van der Waals surface area contributed by atoms with Crippen molar-refractivity contribution in [2.45, 2.75) is 37.3 Å². The predicted octanol–water partition coefficient (Wildman–Crippen LogP) is 3.39. The van der Waals surface area contributed by atoms with E-state index in [0.29, 0.717) is 5.25 Å². The summed E-state index contributed by atoms with van der Waals surface area (Å²) in [7, 11) is 2.02. The van der Waals surface area contributed by atoms with Crippen LogP contribution in [0.25, 0.3) is 0 Å². The molecule has 0 fully saturated rings. The third kappa shape index (κ3) is 3.88. The molecular formula is C13H21NS. The Morgan fingerprint density at radius 1 is 1.33 bits per heavy atom. The summed E-state index contributed by atoms with van der Waals surface area (Å²) in [6.45, 7) is 7.67. The number of benzene rings is 1. The van der Waals surface area contributed by atoms with Crippen LogP contribution < -0.4 is 5.32 Å². The molecule has 0 amide bonds. The molecule has 1 unspecified atom stereocenters. The van der Waals surface area contributed by atoms with E-state index in [1.165, 1.54) is 22.4 Å². The lowest BCUT2D eigenvalue weighted by molar-refractivity contribution is 0.726. The van der Waals surface area contributed by atoms with Crippen molar-refractivity contribution in [2.24, 2.45) is 0 Å². The van der Waals surface area contributed by atoms with Gasteiger partial charge < -0.3 is 5.32 Å². The van der Waals surface area contributed by atoms with Crippen LogP contribution in [0.5, 0.6) is 0 Å². The van der Waals surface area contributed by atoms with E-state index in [1.807, 2.05) is 18.8 Å². The fraction of sp³-hybridized carbons (Fsp3) is 0.538. The van der Waals surface area contributed by atoms with Gasteiger partial charge in [-0.1, -0.05) is 24.6 Å². The highest BCUT2D eigenvalue weighted by atomic mass is 32.2. The highest BCUT2D eigenvalue weighted by Crippen LogP contribution is 2.28. The van der Waals surface area contributed by atoms with E-state index in [1.54, 1.807) is 0 Å². The van der Waals surface area contributed by atoms with Gasteiger partial charge in [0.05, 0.1) is 0 Å². The molecule has 1 rings (SSSR count). The molecule has 0 saturated carbocycles. The van der Waals surface area contributed by atoms with Crippen LogP contribution in [0.1, 0.15) is 24.5 Å². The number of aryl methyl sites for hydroxylation is 2. The lowest BCUT2D eigenvalue weighted by atomic mass is 10.2. The largest absolute Gasteiger partial charge is 0.319 e. The van der Waals surface area contributed by atoms with Crippen molar-refractivity contribution in [3.05, 3.63) is 29.3 Å². The topological polar surface area (TPSA) is 12.0 Å². The first kappa shape index (κ1) is 12.6. The van der Waals surface area contributed by atoms with Crippen molar-refractivity contribution >= 4 is 11.8 Å². The summed E-state index contributed by atoms with van der Waals surface area (Å²) in [4.78, 5) is 1.42. The zero-order valence-electron chi connectivity index (χ0n) is 10.1. The summed E-state index contributed by atoms with van der Waals surface area (Å²) in [5.74, 6) is 0. The molecule has 1 atom stereocenters. The lowest BCUT2D eigenvalue weighted by Gasteiger charge is -2.15. The lowest BCUT2D eigenvalue weighted by Crippen LogP contribution is -2.20. The van der Waals surface area contributed by atoms with Gasteiger partial charge >= 0.3 is 0 Å². The van der Waals surface area contributed by atoms with Crippen molar-refractivity contribution in [1.29, 1.82) is 0 Å². The summed E-state index contributed by atoms with van der Waals surface area (Å²) in [5, 5.41) is 3.93. The van der Waals surface area contributed by atoms with Crippen LogP contribution >= 0.6 is 11.8 Å². The summed E-state index contributed by atoms with van der Waals surface area (Å²) in [6.07, 6.45) is 1.21. The Morgan fingerprint density at radius 3 is 2.60 bits per heavy atom. The third-order valence-electron chi connectivity index (χ3n) is 2.51. The SMILES string of the molecule is CCC(CNC)Sc1ccc(C)cc1C. The van der Waals surface area contributed by atoms with E-state index < -0.39 is 0 Å². The summed E-state index contributed by atoms with van der Waals surface area (Å²) in [5.41, 5.74) is 2.74. The first-order valence-electron chi connectivity index (χ1n) is 5.56. The molecule has 0 heterocycles. The van der Waals surface area contributed by atoms with Gasteiger partial charge in [0.1, 0.15) is 0 Å². The van der Waals surface area contributed by atoms with Crippen LogP contribution in [0, 0.1) is 13.8 Å². The molecule has 1 aromatic rings. The van der Waals surface area contributed by atoms with Crippen LogP contribution in [0.3, 0.4) is 0 Å². The molecule has 0 aromatic heterocycles. The van der Waals surface area contributed by atoms with E-state index in [2.05, 4.69) is 44.3 Å². The zero-order chi connectivity index (χ0) is 11.3. The Hall–Kier alpha value is -0.470. The molecule has 0 radical (unpaired) electrons. The molecule has 0 saturated heterocycles. The Labute approximate surface area is 97.7 Å². The zero-order valence-corrected chi connectivity index (χ0v) is 10.9. The van der Waals surface area contributed by atoms with Crippen molar-refractivity contribution in [3.63, 3.8) is 0 Å². The second kappa shape index (κ2) is 6.19. The van der Waals surface area contributed by atoms with Crippen LogP contribution in [0.2, 0.25) is 0 Å². The second-order valence-corrected chi connectivity index (χ2v) is 5.32. The quantitative estimate of drug-likeness (QED) is 0.768. The molecule has 1 aromatic carbocycles. The van der Waals surface area contributed by atoms with E-state index in [4.69, 9.17) is 0 Å². The second-order valence-electron chi connectivity index (χ2n) is 3.97. The molecular weight excluding hydrogens is 202 g/mol. The fourth-order valence-corrected chi connectivity index (χ4v) is 2.78. The number of hydrogen-bond donors (Lipinski definition) is 1. The van der Waals surface area contributed by atoms with E-state index >= 15 is 0 Å². The van der Waals surface area contributed by atoms with Gasteiger partial charge in [-0.15, -0.1) is 11.8 Å². The van der Waals surface area contributed by atoms with Crippen molar-refractivity contribution in [1.82, 2.24) is 5.32 Å². The maximum atomic E-state index is 3.25. The van der Waals surface area contributed by atoms with Gasteiger partial charge in [-0.2, -0.15) is 0 Å². The minimum atomic E-state index is 0.677. The number of hydrogen-bond acceptors (Lipinski definition) is 2. The van der Waals surface area contributed by atoms with Crippen molar-refractivity contribution in [2.75, 3.05) is 13.6 Å². The van der Waals surface area contributed by atoms with E-state index in [9.17, 15) is 0 Å². The molecule has 15 heavy (non-hydrogen) atoms. The smallest absolute Gasteiger partial charge is 0.0217 e. The highest BCUT2D eigenvalue weighted by Gasteiger charge is 2.08. The van der Waals surface area contributed by atoms with Gasteiger partial charge in [0, 0.05) is 16.7 Å². The average Bonchev–Trinajstić information content (AvgIpc) is 2.21.